The Hall–Kier alpha value is -1.52. The summed E-state index contributed by atoms with van der Waals surface area (Å²) in [7, 11) is 0. The number of rotatable bonds is 6. The van der Waals surface area contributed by atoms with Crippen LogP contribution in [0.15, 0.2) is 53.0 Å². The van der Waals surface area contributed by atoms with Crippen LogP contribution >= 0.6 is 27.5 Å². The number of carbonyl (C=O) groups is 1. The Labute approximate surface area is 161 Å². The third-order valence-electron chi connectivity index (χ3n) is 4.89. The Morgan fingerprint density at radius 3 is 2.28 bits per heavy atom. The van der Waals surface area contributed by atoms with Gasteiger partial charge in [0.1, 0.15) is 5.75 Å². The molecule has 2 atom stereocenters. The third kappa shape index (κ3) is 4.18. The fourth-order valence-corrected chi connectivity index (χ4v) is 3.52. The minimum atomic E-state index is -0.565. The monoisotopic (exact) mass is 421 g/mol. The van der Waals surface area contributed by atoms with E-state index in [9.17, 15) is 4.79 Å². The second-order valence-corrected chi connectivity index (χ2v) is 7.96. The standard InChI is InChI=1S/C20H21BrClNO2/c1-13(25-18-9-7-17(22)8-10-18)19(24)23-14(2)20(11-12-20)15-3-5-16(21)6-4-15/h3-10,13-14H,11-12H2,1-2H3,(H,23,24). The lowest BCUT2D eigenvalue weighted by Crippen LogP contribution is -2.46. The lowest BCUT2D eigenvalue weighted by molar-refractivity contribution is -0.128. The molecule has 2 unspecified atom stereocenters. The lowest BCUT2D eigenvalue weighted by atomic mass is 9.89. The Bertz CT molecular complexity index is 741. The maximum atomic E-state index is 12.5. The van der Waals surface area contributed by atoms with E-state index in [0.717, 1.165) is 17.3 Å². The SMILES string of the molecule is CC(Oc1ccc(Cl)cc1)C(=O)NC(C)C1(c2ccc(Br)cc2)CC1. The maximum absolute atomic E-state index is 12.5. The molecule has 1 N–H and O–H groups in total. The molecule has 0 bridgehead atoms. The molecule has 1 saturated carbocycles. The Morgan fingerprint density at radius 1 is 1.12 bits per heavy atom. The van der Waals surface area contributed by atoms with Gasteiger partial charge in [0.25, 0.3) is 5.91 Å². The van der Waals surface area contributed by atoms with Crippen molar-refractivity contribution in [2.24, 2.45) is 0 Å². The summed E-state index contributed by atoms with van der Waals surface area (Å²) in [5.41, 5.74) is 1.31. The van der Waals surface area contributed by atoms with Gasteiger partial charge in [-0.05, 0) is 68.7 Å². The summed E-state index contributed by atoms with van der Waals surface area (Å²) >= 11 is 9.34. The van der Waals surface area contributed by atoms with Crippen molar-refractivity contribution in [1.29, 1.82) is 0 Å². The van der Waals surface area contributed by atoms with Crippen molar-refractivity contribution < 1.29 is 9.53 Å². The van der Waals surface area contributed by atoms with E-state index < -0.39 is 6.10 Å². The number of benzene rings is 2. The molecule has 1 aliphatic carbocycles. The van der Waals surface area contributed by atoms with E-state index in [1.807, 2.05) is 0 Å². The summed E-state index contributed by atoms with van der Waals surface area (Å²) in [5, 5.41) is 3.77. The molecular weight excluding hydrogens is 402 g/mol. The van der Waals surface area contributed by atoms with Crippen LogP contribution in [0.25, 0.3) is 0 Å². The quantitative estimate of drug-likeness (QED) is 0.703. The van der Waals surface area contributed by atoms with E-state index in [0.29, 0.717) is 10.8 Å². The number of amides is 1. The van der Waals surface area contributed by atoms with Crippen LogP contribution in [-0.2, 0) is 10.2 Å². The van der Waals surface area contributed by atoms with Crippen molar-refractivity contribution in [3.8, 4) is 5.75 Å². The zero-order chi connectivity index (χ0) is 18.0. The fourth-order valence-electron chi connectivity index (χ4n) is 3.13. The van der Waals surface area contributed by atoms with Crippen LogP contribution in [0.2, 0.25) is 5.02 Å². The van der Waals surface area contributed by atoms with Crippen molar-refractivity contribution in [1.82, 2.24) is 5.32 Å². The number of hydrogen-bond donors (Lipinski definition) is 1. The summed E-state index contributed by atoms with van der Waals surface area (Å²) in [6, 6.07) is 15.4. The van der Waals surface area contributed by atoms with Crippen molar-refractivity contribution in [3.63, 3.8) is 0 Å². The second kappa shape index (κ2) is 7.38. The molecule has 2 aromatic rings. The molecule has 0 aliphatic heterocycles. The van der Waals surface area contributed by atoms with Crippen molar-refractivity contribution in [2.75, 3.05) is 0 Å². The first kappa shape index (κ1) is 18.3. The highest BCUT2D eigenvalue weighted by Crippen LogP contribution is 2.51. The van der Waals surface area contributed by atoms with Crippen LogP contribution in [0.5, 0.6) is 5.75 Å². The predicted octanol–water partition coefficient (Wildman–Crippen LogP) is 5.11. The Morgan fingerprint density at radius 2 is 1.72 bits per heavy atom. The molecule has 25 heavy (non-hydrogen) atoms. The van der Waals surface area contributed by atoms with E-state index in [4.69, 9.17) is 16.3 Å². The minimum absolute atomic E-state index is 0.0380. The number of halogens is 2. The van der Waals surface area contributed by atoms with Gasteiger partial charge in [-0.2, -0.15) is 0 Å². The van der Waals surface area contributed by atoms with Gasteiger partial charge in [0.2, 0.25) is 0 Å². The Balaban J connectivity index is 1.62. The number of hydrogen-bond acceptors (Lipinski definition) is 2. The number of ether oxygens (including phenoxy) is 1. The largest absolute Gasteiger partial charge is 0.481 e. The second-order valence-electron chi connectivity index (χ2n) is 6.61. The molecule has 0 spiro atoms. The van der Waals surface area contributed by atoms with Gasteiger partial charge in [-0.3, -0.25) is 4.79 Å². The summed E-state index contributed by atoms with van der Waals surface area (Å²) in [6.45, 7) is 3.83. The molecule has 3 rings (SSSR count). The number of carbonyl (C=O) groups excluding carboxylic acids is 1. The van der Waals surface area contributed by atoms with Gasteiger partial charge in [0.05, 0.1) is 0 Å². The molecule has 2 aromatic carbocycles. The molecule has 3 nitrogen and oxygen atoms in total. The highest BCUT2D eigenvalue weighted by Gasteiger charge is 2.49. The molecule has 1 aliphatic rings. The molecule has 0 radical (unpaired) electrons. The van der Waals surface area contributed by atoms with Gasteiger partial charge in [-0.1, -0.05) is 39.7 Å². The summed E-state index contributed by atoms with van der Waals surface area (Å²) < 4.78 is 6.77. The normalized spacial score (nSPS) is 17.4. The third-order valence-corrected chi connectivity index (χ3v) is 5.67. The van der Waals surface area contributed by atoms with Gasteiger partial charge in [0, 0.05) is 21.0 Å². The molecule has 1 amide bonds. The molecular formula is C20H21BrClNO2. The van der Waals surface area contributed by atoms with E-state index in [1.54, 1.807) is 31.2 Å². The van der Waals surface area contributed by atoms with Gasteiger partial charge >= 0.3 is 0 Å². The van der Waals surface area contributed by atoms with Crippen LogP contribution in [0.4, 0.5) is 0 Å². The van der Waals surface area contributed by atoms with Crippen LogP contribution in [-0.4, -0.2) is 18.1 Å². The van der Waals surface area contributed by atoms with Crippen LogP contribution in [0, 0.1) is 0 Å². The van der Waals surface area contributed by atoms with Gasteiger partial charge in [-0.25, -0.2) is 0 Å². The zero-order valence-electron chi connectivity index (χ0n) is 14.3. The van der Waals surface area contributed by atoms with E-state index in [-0.39, 0.29) is 17.4 Å². The van der Waals surface area contributed by atoms with E-state index in [2.05, 4.69) is 52.4 Å². The first-order valence-electron chi connectivity index (χ1n) is 8.39. The van der Waals surface area contributed by atoms with Crippen LogP contribution < -0.4 is 10.1 Å². The van der Waals surface area contributed by atoms with Crippen molar-refractivity contribution >= 4 is 33.4 Å². The molecule has 0 heterocycles. The lowest BCUT2D eigenvalue weighted by Gasteiger charge is -2.26. The Kier molecular flexibility index (Phi) is 5.40. The molecule has 5 heteroatoms. The highest BCUT2D eigenvalue weighted by molar-refractivity contribution is 9.10. The molecule has 0 saturated heterocycles. The van der Waals surface area contributed by atoms with Gasteiger partial charge in [-0.15, -0.1) is 0 Å². The van der Waals surface area contributed by atoms with Crippen LogP contribution in [0.3, 0.4) is 0 Å². The minimum Gasteiger partial charge on any atom is -0.481 e. The predicted molar refractivity (Wildman–Crippen MR) is 104 cm³/mol. The zero-order valence-corrected chi connectivity index (χ0v) is 16.6. The number of nitrogens with one attached hydrogen (secondary N) is 1. The van der Waals surface area contributed by atoms with Crippen LogP contribution in [0.1, 0.15) is 32.3 Å². The average Bonchev–Trinajstić information content (AvgIpc) is 3.39. The van der Waals surface area contributed by atoms with Crippen molar-refractivity contribution in [3.05, 3.63) is 63.6 Å². The maximum Gasteiger partial charge on any atom is 0.261 e. The fraction of sp³-hybridized carbons (Fsp3) is 0.350. The van der Waals surface area contributed by atoms with E-state index in [1.165, 1.54) is 5.56 Å². The first-order valence-corrected chi connectivity index (χ1v) is 9.56. The van der Waals surface area contributed by atoms with E-state index >= 15 is 0 Å². The van der Waals surface area contributed by atoms with Gasteiger partial charge in [0.15, 0.2) is 6.10 Å². The summed E-state index contributed by atoms with van der Waals surface area (Å²) in [6.07, 6.45) is 1.61. The smallest absolute Gasteiger partial charge is 0.261 e. The average molecular weight is 423 g/mol. The molecule has 132 valence electrons. The molecule has 1 fully saturated rings. The molecule has 0 aromatic heterocycles. The highest BCUT2D eigenvalue weighted by atomic mass is 79.9. The van der Waals surface area contributed by atoms with Gasteiger partial charge < -0.3 is 10.1 Å². The summed E-state index contributed by atoms with van der Waals surface area (Å²) in [4.78, 5) is 12.5. The first-order chi connectivity index (χ1) is 11.9. The van der Waals surface area contributed by atoms with Crippen molar-refractivity contribution in [2.45, 2.75) is 44.2 Å². The topological polar surface area (TPSA) is 38.3 Å². The summed E-state index contributed by atoms with van der Waals surface area (Å²) in [5.74, 6) is 0.527.